The first-order valence-corrected chi connectivity index (χ1v) is 18.2. The third-order valence-electron chi connectivity index (χ3n) is 9.89. The number of aromatic hydroxyl groups is 1. The van der Waals surface area contributed by atoms with Crippen molar-refractivity contribution < 1.29 is 26.2 Å². The van der Waals surface area contributed by atoms with E-state index in [1.54, 1.807) is 6.07 Å². The van der Waals surface area contributed by atoms with Gasteiger partial charge >= 0.3 is 0 Å². The average Bonchev–Trinajstić information content (AvgIpc) is 3.48. The molecule has 5 nitrogen and oxygen atoms in total. The molecule has 5 aromatic carbocycles. The molecule has 54 heavy (non-hydrogen) atoms. The third kappa shape index (κ3) is 6.85. The maximum atomic E-state index is 11.3. The molecule has 3 heterocycles. The number of hydrogen-bond donors (Lipinski definition) is 1. The second-order valence-corrected chi connectivity index (χ2v) is 15.7. The Morgan fingerprint density at radius 1 is 0.648 bits per heavy atom. The van der Waals surface area contributed by atoms with Crippen molar-refractivity contribution in [3.8, 4) is 33.8 Å². The van der Waals surface area contributed by atoms with Crippen LogP contribution in [0.5, 0.6) is 5.75 Å². The van der Waals surface area contributed by atoms with E-state index in [1.165, 1.54) is 5.56 Å². The van der Waals surface area contributed by atoms with E-state index < -0.39 is 0 Å². The molecular weight excluding hydrogens is 844 g/mol. The summed E-state index contributed by atoms with van der Waals surface area (Å²) in [6, 6.07) is 51.5. The van der Waals surface area contributed by atoms with Gasteiger partial charge in [0.15, 0.2) is 0 Å². The smallest absolute Gasteiger partial charge is 0.139 e. The molecule has 272 valence electrons. The second-order valence-electron chi connectivity index (χ2n) is 15.7. The molecule has 1 N–H and O–H groups in total. The molecule has 0 fully saturated rings. The fourth-order valence-electron chi connectivity index (χ4n) is 7.13. The van der Waals surface area contributed by atoms with Crippen molar-refractivity contribution in [2.45, 2.75) is 52.4 Å². The van der Waals surface area contributed by atoms with Crippen molar-refractivity contribution in [1.82, 2.24) is 14.5 Å². The van der Waals surface area contributed by atoms with Crippen LogP contribution in [0.4, 0.5) is 17.2 Å². The monoisotopic (exact) mass is 886 g/mol. The zero-order valence-electron chi connectivity index (χ0n) is 31.4. The predicted octanol–water partition coefficient (Wildman–Crippen LogP) is 12.5. The second kappa shape index (κ2) is 14.4. The van der Waals surface area contributed by atoms with Crippen LogP contribution in [-0.4, -0.2) is 19.6 Å². The van der Waals surface area contributed by atoms with Crippen LogP contribution in [0.2, 0.25) is 0 Å². The summed E-state index contributed by atoms with van der Waals surface area (Å²) in [5, 5.41) is 13.4. The Balaban J connectivity index is 0.00000450. The number of pyridine rings is 2. The number of phenolic OH excluding ortho intramolecular Hbond substituents is 1. The number of fused-ring (bicyclic) bond motifs is 3. The SMILES string of the molecule is CC(C)(C)c1ccc2c(c1)c1cc(C(C)(C)C)c(-c3[c-]c(N(c4ccccc4)c4ccccn4)cc(-c4ccccc4)c3)nc1n2-c1ccccc1O.[Pt]. The summed E-state index contributed by atoms with van der Waals surface area (Å²) in [7, 11) is 0. The first-order valence-electron chi connectivity index (χ1n) is 18.2. The van der Waals surface area contributed by atoms with E-state index in [1.807, 2.05) is 66.9 Å². The molecule has 0 aliphatic rings. The van der Waals surface area contributed by atoms with Crippen LogP contribution < -0.4 is 4.90 Å². The van der Waals surface area contributed by atoms with Gasteiger partial charge in [-0.05, 0) is 81.9 Å². The standard InChI is InChI=1S/C48H43N4O.Pt/c1-47(2,3)35-24-25-41-38(30-35)39-31-40(48(4,5)6)45(50-46(39)52(41)42-21-13-14-22-43(42)53)34-27-33(32-17-9-7-10-18-32)28-37(29-34)51(36-19-11-8-12-20-36)44-23-15-16-26-49-44;/h7-28,30-31,53H,1-6H3;/q-1;. The first-order chi connectivity index (χ1) is 25.5. The summed E-state index contributed by atoms with van der Waals surface area (Å²) in [6.45, 7) is 13.5. The first kappa shape index (κ1) is 36.8. The molecule has 8 rings (SSSR count). The summed E-state index contributed by atoms with van der Waals surface area (Å²) in [5.74, 6) is 0.989. The van der Waals surface area contributed by atoms with Crippen LogP contribution in [-0.2, 0) is 31.9 Å². The number of hydrogen-bond acceptors (Lipinski definition) is 4. The molecule has 0 bridgehead atoms. The fraction of sp³-hybridized carbons (Fsp3) is 0.167. The molecule has 0 unspecified atom stereocenters. The molecule has 0 radical (unpaired) electrons. The van der Waals surface area contributed by atoms with Gasteiger partial charge in [0.05, 0.1) is 11.2 Å². The van der Waals surface area contributed by atoms with Gasteiger partial charge in [-0.3, -0.25) is 9.55 Å². The normalized spacial score (nSPS) is 11.8. The average molecular weight is 887 g/mol. The van der Waals surface area contributed by atoms with Gasteiger partial charge in [-0.1, -0.05) is 132 Å². The molecule has 3 aromatic heterocycles. The van der Waals surface area contributed by atoms with Crippen molar-refractivity contribution in [2.75, 3.05) is 4.90 Å². The van der Waals surface area contributed by atoms with Crippen LogP contribution in [0.1, 0.15) is 52.7 Å². The number of para-hydroxylation sites is 3. The third-order valence-corrected chi connectivity index (χ3v) is 9.89. The molecule has 6 heteroatoms. The molecule has 0 atom stereocenters. The minimum absolute atomic E-state index is 0. The van der Waals surface area contributed by atoms with Gasteiger partial charge in [0, 0.05) is 43.7 Å². The number of nitrogens with zero attached hydrogens (tertiary/aromatic N) is 4. The minimum Gasteiger partial charge on any atom is -0.506 e. The van der Waals surface area contributed by atoms with Crippen LogP contribution in [0.25, 0.3) is 50.0 Å². The molecular formula is C48H43N4OPt-. The van der Waals surface area contributed by atoms with E-state index in [2.05, 4.69) is 130 Å². The Bertz CT molecular complexity index is 2550. The fourth-order valence-corrected chi connectivity index (χ4v) is 7.13. The van der Waals surface area contributed by atoms with Crippen molar-refractivity contribution in [3.05, 3.63) is 163 Å². The molecule has 0 saturated carbocycles. The Morgan fingerprint density at radius 2 is 1.33 bits per heavy atom. The Morgan fingerprint density at radius 3 is 2.00 bits per heavy atom. The molecule has 0 aliphatic heterocycles. The summed E-state index contributed by atoms with van der Waals surface area (Å²) in [6.07, 6.45) is 1.82. The van der Waals surface area contributed by atoms with Gasteiger partial charge < -0.3 is 10.0 Å². The van der Waals surface area contributed by atoms with Crippen molar-refractivity contribution in [1.29, 1.82) is 0 Å². The predicted molar refractivity (Wildman–Crippen MR) is 220 cm³/mol. The number of benzene rings is 5. The zero-order chi connectivity index (χ0) is 36.9. The summed E-state index contributed by atoms with van der Waals surface area (Å²) in [5.41, 5.74) is 10.2. The van der Waals surface area contributed by atoms with E-state index in [0.29, 0.717) is 5.69 Å². The maximum Gasteiger partial charge on any atom is 0.139 e. The zero-order valence-corrected chi connectivity index (χ0v) is 33.7. The van der Waals surface area contributed by atoms with Crippen molar-refractivity contribution in [3.63, 3.8) is 0 Å². The van der Waals surface area contributed by atoms with Gasteiger partial charge in [-0.2, -0.15) is 0 Å². The van der Waals surface area contributed by atoms with Crippen LogP contribution >= 0.6 is 0 Å². The van der Waals surface area contributed by atoms with Gasteiger partial charge in [-0.25, -0.2) is 4.98 Å². The number of anilines is 3. The molecule has 8 aromatic rings. The van der Waals surface area contributed by atoms with Gasteiger partial charge in [0.25, 0.3) is 0 Å². The van der Waals surface area contributed by atoms with Crippen LogP contribution in [0.15, 0.2) is 146 Å². The van der Waals surface area contributed by atoms with Gasteiger partial charge in [0.1, 0.15) is 17.2 Å². The van der Waals surface area contributed by atoms with Gasteiger partial charge in [-0.15, -0.1) is 23.8 Å². The topological polar surface area (TPSA) is 54.2 Å². The van der Waals surface area contributed by atoms with Crippen molar-refractivity contribution in [2.24, 2.45) is 0 Å². The number of aromatic nitrogens is 3. The molecule has 0 aliphatic carbocycles. The van der Waals surface area contributed by atoms with E-state index in [9.17, 15) is 5.11 Å². The van der Waals surface area contributed by atoms with E-state index in [-0.39, 0.29) is 37.6 Å². The molecule has 0 amide bonds. The summed E-state index contributed by atoms with van der Waals surface area (Å²) in [4.78, 5) is 12.6. The van der Waals surface area contributed by atoms with E-state index >= 15 is 0 Å². The Hall–Kier alpha value is -5.51. The quantitative estimate of drug-likeness (QED) is 0.169. The summed E-state index contributed by atoms with van der Waals surface area (Å²) >= 11 is 0. The van der Waals surface area contributed by atoms with E-state index in [0.717, 1.165) is 67.1 Å². The Labute approximate surface area is 332 Å². The molecule has 0 saturated heterocycles. The Kier molecular flexibility index (Phi) is 9.81. The van der Waals surface area contributed by atoms with Crippen LogP contribution in [0.3, 0.4) is 0 Å². The number of rotatable bonds is 6. The largest absolute Gasteiger partial charge is 0.506 e. The number of phenols is 1. The van der Waals surface area contributed by atoms with Crippen LogP contribution in [0, 0.1) is 6.07 Å². The van der Waals surface area contributed by atoms with Crippen molar-refractivity contribution >= 4 is 39.1 Å². The molecule has 0 spiro atoms. The minimum atomic E-state index is -0.266. The maximum absolute atomic E-state index is 11.3. The summed E-state index contributed by atoms with van der Waals surface area (Å²) < 4.78 is 2.11. The van der Waals surface area contributed by atoms with Gasteiger partial charge in [0.2, 0.25) is 0 Å². The van der Waals surface area contributed by atoms with E-state index in [4.69, 9.17) is 9.97 Å².